The first-order valence-electron chi connectivity index (χ1n) is 19.2. The van der Waals surface area contributed by atoms with Crippen LogP contribution in [-0.4, -0.2) is 78.6 Å². The highest BCUT2D eigenvalue weighted by Crippen LogP contribution is 2.18. The summed E-state index contributed by atoms with van der Waals surface area (Å²) in [5.74, 6) is -0.0754. The number of likely N-dealkylation sites (tertiary alicyclic amines) is 1. The maximum Gasteiger partial charge on any atom is 0.240 e. The van der Waals surface area contributed by atoms with Gasteiger partial charge in [-0.05, 0) is 71.1 Å². The summed E-state index contributed by atoms with van der Waals surface area (Å²) in [6.45, 7) is 4.07. The minimum Gasteiger partial charge on any atom is -0.356 e. The van der Waals surface area contributed by atoms with Crippen LogP contribution in [0.5, 0.6) is 0 Å². The summed E-state index contributed by atoms with van der Waals surface area (Å²) >= 11 is 0. The fourth-order valence-electron chi connectivity index (χ4n) is 6.02. The molecule has 0 aromatic carbocycles. The molecule has 1 aliphatic rings. The molecule has 12 heteroatoms. The van der Waals surface area contributed by atoms with Gasteiger partial charge in [0.05, 0.1) is 18.2 Å². The zero-order chi connectivity index (χ0) is 36.1. The average Bonchev–Trinajstić information content (AvgIpc) is 3.57. The molecule has 0 aliphatic carbocycles. The Morgan fingerprint density at radius 2 is 1.06 bits per heavy atom. The van der Waals surface area contributed by atoms with E-state index in [0.717, 1.165) is 116 Å². The van der Waals surface area contributed by atoms with Gasteiger partial charge in [-0.2, -0.15) is 5.26 Å². The number of nitriles is 1. The fraction of sp³-hybridized carbons (Fsp3) is 0.838. The Hall–Kier alpha value is -3.04. The molecule has 49 heavy (non-hydrogen) atoms. The van der Waals surface area contributed by atoms with E-state index in [4.69, 9.17) is 16.7 Å². The third-order valence-electron chi connectivity index (χ3n) is 9.28. The van der Waals surface area contributed by atoms with Crippen LogP contribution in [0.15, 0.2) is 0 Å². The molecule has 0 saturated carbocycles. The van der Waals surface area contributed by atoms with Gasteiger partial charge in [0, 0.05) is 45.4 Å². The van der Waals surface area contributed by atoms with Gasteiger partial charge in [0.2, 0.25) is 23.6 Å². The monoisotopic (exact) mass is 690 g/mol. The number of nitrogens with one attached hydrogen (secondary N) is 3. The quantitative estimate of drug-likeness (QED) is 0.0688. The number of nitrogens with zero attached hydrogens (tertiary/aromatic N) is 2. The maximum atomic E-state index is 12.4. The number of nitrogens with two attached hydrogens (primary N) is 2. The maximum absolute atomic E-state index is 12.4. The number of rotatable bonds is 30. The number of amides is 4. The van der Waals surface area contributed by atoms with Crippen molar-refractivity contribution in [2.75, 3.05) is 26.2 Å². The second-order valence-corrected chi connectivity index (χ2v) is 13.7. The van der Waals surface area contributed by atoms with Crippen molar-refractivity contribution in [3.63, 3.8) is 0 Å². The third-order valence-corrected chi connectivity index (χ3v) is 9.28. The molecule has 1 fully saturated rings. The van der Waals surface area contributed by atoms with Crippen molar-refractivity contribution in [3.05, 3.63) is 0 Å². The Morgan fingerprint density at radius 3 is 1.53 bits per heavy atom. The van der Waals surface area contributed by atoms with E-state index in [9.17, 15) is 24.0 Å². The Balaban J connectivity index is 1.82. The van der Waals surface area contributed by atoms with Crippen LogP contribution in [0.3, 0.4) is 0 Å². The van der Waals surface area contributed by atoms with Crippen LogP contribution in [0, 0.1) is 11.3 Å². The van der Waals surface area contributed by atoms with Crippen LogP contribution in [0.1, 0.15) is 155 Å². The minimum absolute atomic E-state index is 0.0128. The van der Waals surface area contributed by atoms with Gasteiger partial charge >= 0.3 is 0 Å². The molecule has 0 bridgehead atoms. The normalized spacial score (nSPS) is 15.3. The van der Waals surface area contributed by atoms with Crippen LogP contribution in [0.25, 0.3) is 0 Å². The van der Waals surface area contributed by atoms with Crippen LogP contribution < -0.4 is 27.4 Å². The standard InChI is InChI=1S/C37H67N7O5/c1-30(45)32(39)20-14-17-27-42-35(47)22-13-9-4-2-6-10-15-25-41-34(46)21-12-8-5-3-7-11-16-26-43-36(48)24-23-33(40)37(49)44-28-18-19-31(44)29-38/h31-33H,2-28,39-40H2,1H3,(H,41,46)(H,42,47)(H,43,48)/t31-,32-,33?/m0/s1. The Labute approximate surface area is 295 Å². The van der Waals surface area contributed by atoms with E-state index in [0.29, 0.717) is 45.3 Å². The molecule has 0 radical (unpaired) electrons. The first-order valence-corrected chi connectivity index (χ1v) is 19.2. The van der Waals surface area contributed by atoms with Crippen LogP contribution in [0.4, 0.5) is 0 Å². The van der Waals surface area contributed by atoms with E-state index in [1.165, 1.54) is 6.92 Å². The molecule has 12 nitrogen and oxygen atoms in total. The van der Waals surface area contributed by atoms with Gasteiger partial charge in [-0.15, -0.1) is 0 Å². The van der Waals surface area contributed by atoms with E-state index in [-0.39, 0.29) is 48.3 Å². The topological polar surface area (TPSA) is 201 Å². The SMILES string of the molecule is CC(=O)[C@@H](N)CCCCNC(=O)CCCCCCCCCNC(=O)CCCCCCCCCNC(=O)CCC(N)C(=O)N1CCC[C@H]1C#N. The van der Waals surface area contributed by atoms with Crippen LogP contribution >= 0.6 is 0 Å². The van der Waals surface area contributed by atoms with Crippen LogP contribution in [-0.2, 0) is 24.0 Å². The smallest absolute Gasteiger partial charge is 0.240 e. The summed E-state index contributed by atoms with van der Waals surface area (Å²) in [5, 5.41) is 18.0. The van der Waals surface area contributed by atoms with E-state index < -0.39 is 12.1 Å². The van der Waals surface area contributed by atoms with Gasteiger partial charge in [0.1, 0.15) is 11.8 Å². The summed E-state index contributed by atoms with van der Waals surface area (Å²) in [6.07, 6.45) is 20.3. The lowest BCUT2D eigenvalue weighted by Gasteiger charge is -2.23. The minimum atomic E-state index is -0.744. The first kappa shape index (κ1) is 44.0. The number of carbonyl (C=O) groups excluding carboxylic acids is 5. The lowest BCUT2D eigenvalue weighted by Crippen LogP contribution is -2.46. The molecule has 0 spiro atoms. The number of Topliss-reactive ketones (excluding diaryl/α,β-unsaturated/α-hetero) is 1. The molecule has 1 unspecified atom stereocenters. The van der Waals surface area contributed by atoms with Crippen LogP contribution in [0.2, 0.25) is 0 Å². The number of hydrogen-bond acceptors (Lipinski definition) is 8. The van der Waals surface area contributed by atoms with Gasteiger partial charge in [0.15, 0.2) is 0 Å². The molecule has 280 valence electrons. The zero-order valence-corrected chi connectivity index (χ0v) is 30.4. The van der Waals surface area contributed by atoms with Crippen molar-refractivity contribution >= 4 is 29.4 Å². The second-order valence-electron chi connectivity index (χ2n) is 13.7. The average molecular weight is 690 g/mol. The highest BCUT2D eigenvalue weighted by molar-refractivity contribution is 5.84. The molecule has 3 atom stereocenters. The third kappa shape index (κ3) is 23.1. The highest BCUT2D eigenvalue weighted by atomic mass is 16.2. The van der Waals surface area contributed by atoms with Gasteiger partial charge in [-0.25, -0.2) is 0 Å². The van der Waals surface area contributed by atoms with Crippen molar-refractivity contribution in [3.8, 4) is 6.07 Å². The molecule has 1 rings (SSSR count). The number of ketones is 1. The largest absolute Gasteiger partial charge is 0.356 e. The van der Waals surface area contributed by atoms with Crippen molar-refractivity contribution < 1.29 is 24.0 Å². The summed E-state index contributed by atoms with van der Waals surface area (Å²) in [6, 6.07) is 0.626. The first-order chi connectivity index (χ1) is 23.6. The Bertz CT molecular complexity index is 1000. The van der Waals surface area contributed by atoms with Crippen molar-refractivity contribution in [1.82, 2.24) is 20.9 Å². The highest BCUT2D eigenvalue weighted by Gasteiger charge is 2.31. The molecule has 1 saturated heterocycles. The molecule has 7 N–H and O–H groups in total. The molecular weight excluding hydrogens is 622 g/mol. The fourth-order valence-corrected chi connectivity index (χ4v) is 6.02. The van der Waals surface area contributed by atoms with E-state index in [1.54, 1.807) is 4.90 Å². The van der Waals surface area contributed by atoms with Gasteiger partial charge < -0.3 is 32.3 Å². The van der Waals surface area contributed by atoms with E-state index in [2.05, 4.69) is 22.0 Å². The van der Waals surface area contributed by atoms with E-state index in [1.807, 2.05) is 0 Å². The Morgan fingerprint density at radius 1 is 0.633 bits per heavy atom. The van der Waals surface area contributed by atoms with Crippen molar-refractivity contribution in [1.29, 1.82) is 5.26 Å². The lowest BCUT2D eigenvalue weighted by molar-refractivity contribution is -0.133. The molecule has 4 amide bonds. The summed E-state index contributed by atoms with van der Waals surface area (Å²) in [7, 11) is 0. The van der Waals surface area contributed by atoms with Gasteiger partial charge in [-0.1, -0.05) is 64.2 Å². The lowest BCUT2D eigenvalue weighted by atomic mass is 10.1. The number of hydrogen-bond donors (Lipinski definition) is 5. The number of unbranched alkanes of at least 4 members (excludes halogenated alkanes) is 13. The Kier molecular flexibility index (Phi) is 25.8. The summed E-state index contributed by atoms with van der Waals surface area (Å²) in [4.78, 5) is 61.2. The molecular formula is C37H67N7O5. The predicted octanol–water partition coefficient (Wildman–Crippen LogP) is 4.29. The molecule has 1 heterocycles. The zero-order valence-electron chi connectivity index (χ0n) is 30.4. The molecule has 0 aromatic rings. The van der Waals surface area contributed by atoms with Crippen molar-refractivity contribution in [2.45, 2.75) is 173 Å². The summed E-state index contributed by atoms with van der Waals surface area (Å²) < 4.78 is 0. The van der Waals surface area contributed by atoms with Gasteiger partial charge in [0.25, 0.3) is 0 Å². The second kappa shape index (κ2) is 28.8. The summed E-state index contributed by atoms with van der Waals surface area (Å²) in [5.41, 5.74) is 11.7. The van der Waals surface area contributed by atoms with Gasteiger partial charge in [-0.3, -0.25) is 24.0 Å². The molecule has 1 aliphatic heterocycles. The predicted molar refractivity (Wildman–Crippen MR) is 193 cm³/mol. The van der Waals surface area contributed by atoms with E-state index >= 15 is 0 Å². The number of carbonyl (C=O) groups is 5. The molecule has 0 aromatic heterocycles. The van der Waals surface area contributed by atoms with Crippen molar-refractivity contribution in [2.24, 2.45) is 11.5 Å².